The van der Waals surface area contributed by atoms with E-state index in [1.165, 1.54) is 17.5 Å². The number of aryl methyl sites for hydroxylation is 1. The molecule has 0 saturated heterocycles. The van der Waals surface area contributed by atoms with Gasteiger partial charge >= 0.3 is 0 Å². The topological polar surface area (TPSA) is 101 Å². The van der Waals surface area contributed by atoms with Crippen molar-refractivity contribution in [3.8, 4) is 11.5 Å². The number of H-pyrrole nitrogens is 1. The Morgan fingerprint density at radius 3 is 2.88 bits per heavy atom. The van der Waals surface area contributed by atoms with E-state index in [9.17, 15) is 9.59 Å². The van der Waals surface area contributed by atoms with Crippen molar-refractivity contribution in [3.05, 3.63) is 62.6 Å². The van der Waals surface area contributed by atoms with E-state index in [-0.39, 0.29) is 11.6 Å². The number of carbonyl (C=O) groups is 1. The fourth-order valence-corrected chi connectivity index (χ4v) is 2.98. The van der Waals surface area contributed by atoms with Gasteiger partial charge in [0, 0.05) is 30.0 Å². The van der Waals surface area contributed by atoms with Crippen LogP contribution in [-0.4, -0.2) is 31.9 Å². The Morgan fingerprint density at radius 2 is 2.24 bits per heavy atom. The highest BCUT2D eigenvalue weighted by molar-refractivity contribution is 7.09. The number of pyridine rings is 1. The minimum atomic E-state index is -0.485. The summed E-state index contributed by atoms with van der Waals surface area (Å²) in [6.07, 6.45) is 5.36. The molecule has 0 spiro atoms. The van der Waals surface area contributed by atoms with Crippen LogP contribution in [0.3, 0.4) is 0 Å². The molecule has 1 atom stereocenters. The molecule has 3 rings (SSSR count). The quantitative estimate of drug-likeness (QED) is 0.729. The minimum absolute atomic E-state index is 0.0197. The van der Waals surface area contributed by atoms with E-state index in [2.05, 4.69) is 25.3 Å². The summed E-state index contributed by atoms with van der Waals surface area (Å²) in [6, 6.07) is 3.64. The fraction of sp³-hybridized carbons (Fsp3) is 0.235. The summed E-state index contributed by atoms with van der Waals surface area (Å²) in [5.74, 6) is -0.0968. The molecule has 3 aromatic rings. The van der Waals surface area contributed by atoms with Crippen molar-refractivity contribution in [2.24, 2.45) is 0 Å². The average molecular weight is 355 g/mol. The third-order valence-electron chi connectivity index (χ3n) is 3.55. The van der Waals surface area contributed by atoms with Crippen LogP contribution in [-0.2, 0) is 6.42 Å². The van der Waals surface area contributed by atoms with Crippen LogP contribution in [0, 0.1) is 6.92 Å². The summed E-state index contributed by atoms with van der Waals surface area (Å²) in [6.45, 7) is 3.75. The van der Waals surface area contributed by atoms with Crippen LogP contribution in [0.4, 0.5) is 0 Å². The number of aromatic amines is 1. The van der Waals surface area contributed by atoms with Crippen LogP contribution in [0.25, 0.3) is 11.5 Å². The second-order valence-electron chi connectivity index (χ2n) is 5.67. The lowest BCUT2D eigenvalue weighted by Gasteiger charge is -2.13. The molecule has 0 radical (unpaired) electrons. The predicted molar refractivity (Wildman–Crippen MR) is 95.6 cm³/mol. The highest BCUT2D eigenvalue weighted by atomic mass is 32.1. The molecule has 7 nitrogen and oxygen atoms in total. The Bertz CT molecular complexity index is 935. The first-order valence-electron chi connectivity index (χ1n) is 7.74. The van der Waals surface area contributed by atoms with Crippen LogP contribution >= 0.6 is 11.3 Å². The van der Waals surface area contributed by atoms with E-state index in [0.29, 0.717) is 17.9 Å². The average Bonchev–Trinajstić information content (AvgIpc) is 3.02. The molecule has 2 N–H and O–H groups in total. The number of aromatic nitrogens is 4. The third-order valence-corrected chi connectivity index (χ3v) is 4.32. The zero-order chi connectivity index (χ0) is 17.8. The normalized spacial score (nSPS) is 11.9. The predicted octanol–water partition coefficient (Wildman–Crippen LogP) is 1.96. The molecule has 0 saturated carbocycles. The maximum atomic E-state index is 12.3. The fourth-order valence-electron chi connectivity index (χ4n) is 2.38. The maximum Gasteiger partial charge on any atom is 0.264 e. The standard InChI is InChI=1S/C17H17N5O2S/c1-10(6-12-4-3-5-18-7-12)20-16(23)13-8-19-15(22-17(13)24)14-9-25-11(2)21-14/h3-5,7-10H,6H2,1-2H3,(H,20,23)(H,19,22,24)/t10-/m0/s1. The summed E-state index contributed by atoms with van der Waals surface area (Å²) in [5, 5.41) is 5.50. The first kappa shape index (κ1) is 17.0. The Labute approximate surface area is 148 Å². The first-order valence-corrected chi connectivity index (χ1v) is 8.62. The molecule has 8 heteroatoms. The molecule has 0 aliphatic rings. The molecule has 25 heavy (non-hydrogen) atoms. The molecule has 0 aromatic carbocycles. The van der Waals surface area contributed by atoms with Crippen molar-refractivity contribution in [2.75, 3.05) is 0 Å². The van der Waals surface area contributed by atoms with Crippen LogP contribution in [0.15, 0.2) is 40.9 Å². The van der Waals surface area contributed by atoms with Crippen LogP contribution in [0.2, 0.25) is 0 Å². The second-order valence-corrected chi connectivity index (χ2v) is 6.73. The van der Waals surface area contributed by atoms with E-state index in [4.69, 9.17) is 0 Å². The lowest BCUT2D eigenvalue weighted by molar-refractivity contribution is 0.0938. The molecule has 0 unspecified atom stereocenters. The van der Waals surface area contributed by atoms with Crippen molar-refractivity contribution < 1.29 is 4.79 Å². The zero-order valence-corrected chi connectivity index (χ0v) is 14.6. The largest absolute Gasteiger partial charge is 0.349 e. The highest BCUT2D eigenvalue weighted by Gasteiger charge is 2.16. The third kappa shape index (κ3) is 4.16. The molecular weight excluding hydrogens is 338 g/mol. The van der Waals surface area contributed by atoms with Gasteiger partial charge in [0.25, 0.3) is 11.5 Å². The van der Waals surface area contributed by atoms with Gasteiger partial charge in [0.1, 0.15) is 11.3 Å². The monoisotopic (exact) mass is 355 g/mol. The van der Waals surface area contributed by atoms with Gasteiger partial charge in [0.2, 0.25) is 0 Å². The molecular formula is C17H17N5O2S. The molecule has 0 aliphatic carbocycles. The molecule has 0 fully saturated rings. The van der Waals surface area contributed by atoms with E-state index >= 15 is 0 Å². The number of hydrogen-bond acceptors (Lipinski definition) is 6. The van der Waals surface area contributed by atoms with Gasteiger partial charge in [-0.15, -0.1) is 11.3 Å². The molecule has 1 amide bonds. The van der Waals surface area contributed by atoms with Crippen LogP contribution in [0.5, 0.6) is 0 Å². The second kappa shape index (κ2) is 7.35. The van der Waals surface area contributed by atoms with Gasteiger partial charge in [-0.1, -0.05) is 6.07 Å². The lowest BCUT2D eigenvalue weighted by atomic mass is 10.1. The van der Waals surface area contributed by atoms with E-state index < -0.39 is 11.5 Å². The minimum Gasteiger partial charge on any atom is -0.349 e. The zero-order valence-electron chi connectivity index (χ0n) is 13.8. The number of amides is 1. The summed E-state index contributed by atoms with van der Waals surface area (Å²) >= 11 is 1.47. The highest BCUT2D eigenvalue weighted by Crippen LogP contribution is 2.16. The Balaban J connectivity index is 1.71. The van der Waals surface area contributed by atoms with Gasteiger partial charge in [0.15, 0.2) is 5.82 Å². The van der Waals surface area contributed by atoms with E-state index in [0.717, 1.165) is 10.6 Å². The SMILES string of the molecule is Cc1nc(-c2ncc(C(=O)N[C@@H](C)Cc3cccnc3)c(=O)[nH]2)cs1. The molecule has 0 bridgehead atoms. The van der Waals surface area contributed by atoms with Gasteiger partial charge in [-0.3, -0.25) is 14.6 Å². The summed E-state index contributed by atoms with van der Waals surface area (Å²) < 4.78 is 0. The Morgan fingerprint density at radius 1 is 1.40 bits per heavy atom. The van der Waals surface area contributed by atoms with Gasteiger partial charge in [-0.05, 0) is 31.9 Å². The van der Waals surface area contributed by atoms with Crippen molar-refractivity contribution in [1.82, 2.24) is 25.3 Å². The van der Waals surface area contributed by atoms with Crippen LogP contribution < -0.4 is 10.9 Å². The Kier molecular flexibility index (Phi) is 4.99. The summed E-state index contributed by atoms with van der Waals surface area (Å²) in [4.78, 5) is 39.6. The van der Waals surface area contributed by atoms with Gasteiger partial charge in [-0.2, -0.15) is 0 Å². The summed E-state index contributed by atoms with van der Waals surface area (Å²) in [5.41, 5.74) is 1.10. The number of thiazole rings is 1. The van der Waals surface area contributed by atoms with Crippen molar-refractivity contribution in [1.29, 1.82) is 0 Å². The number of nitrogens with one attached hydrogen (secondary N) is 2. The number of nitrogens with zero attached hydrogens (tertiary/aromatic N) is 3. The first-order chi connectivity index (χ1) is 12.0. The smallest absolute Gasteiger partial charge is 0.264 e. The number of carbonyl (C=O) groups excluding carboxylic acids is 1. The Hall–Kier alpha value is -2.87. The van der Waals surface area contributed by atoms with Gasteiger partial charge in [0.05, 0.1) is 5.01 Å². The molecule has 0 aliphatic heterocycles. The van der Waals surface area contributed by atoms with Crippen molar-refractivity contribution >= 4 is 17.2 Å². The van der Waals surface area contributed by atoms with E-state index in [1.54, 1.807) is 12.4 Å². The van der Waals surface area contributed by atoms with Gasteiger partial charge < -0.3 is 10.3 Å². The van der Waals surface area contributed by atoms with Gasteiger partial charge in [-0.25, -0.2) is 9.97 Å². The maximum absolute atomic E-state index is 12.3. The summed E-state index contributed by atoms with van der Waals surface area (Å²) in [7, 11) is 0. The van der Waals surface area contributed by atoms with E-state index in [1.807, 2.05) is 31.4 Å². The molecule has 3 aromatic heterocycles. The molecule has 128 valence electrons. The number of rotatable bonds is 5. The molecule has 3 heterocycles. The lowest BCUT2D eigenvalue weighted by Crippen LogP contribution is -2.37. The van der Waals surface area contributed by atoms with Crippen molar-refractivity contribution in [2.45, 2.75) is 26.3 Å². The van der Waals surface area contributed by atoms with Crippen molar-refractivity contribution in [3.63, 3.8) is 0 Å². The number of hydrogen-bond donors (Lipinski definition) is 2. The van der Waals surface area contributed by atoms with Crippen LogP contribution in [0.1, 0.15) is 27.9 Å².